The van der Waals surface area contributed by atoms with Gasteiger partial charge in [0.2, 0.25) is 5.91 Å². The summed E-state index contributed by atoms with van der Waals surface area (Å²) >= 11 is 1.17. The number of hydrogen-bond acceptors (Lipinski definition) is 5. The molecule has 3 heterocycles. The third kappa shape index (κ3) is 3.37. The van der Waals surface area contributed by atoms with Crippen molar-refractivity contribution in [3.63, 3.8) is 0 Å². The Hall–Kier alpha value is -3.21. The van der Waals surface area contributed by atoms with Gasteiger partial charge in [0.25, 0.3) is 5.91 Å². The number of alkyl halides is 3. The average molecular weight is 422 g/mol. The molecule has 4 rings (SSSR count). The summed E-state index contributed by atoms with van der Waals surface area (Å²) in [6, 6.07) is 2.54. The van der Waals surface area contributed by atoms with Crippen LogP contribution >= 0.6 is 11.3 Å². The number of nitrogens with one attached hydrogen (secondary N) is 2. The van der Waals surface area contributed by atoms with E-state index in [-0.39, 0.29) is 18.2 Å². The first kappa shape index (κ1) is 19.1. The summed E-state index contributed by atoms with van der Waals surface area (Å²) in [6.07, 6.45) is -0.427. The molecule has 0 saturated carbocycles. The number of carbonyl (C=O) groups is 3. The summed E-state index contributed by atoms with van der Waals surface area (Å²) in [4.78, 5) is 40.8. The molecule has 0 aliphatic carbocycles. The van der Waals surface area contributed by atoms with Crippen molar-refractivity contribution in [2.75, 3.05) is 0 Å². The SMILES string of the molecule is O=C1NC(=O)C(CCC(=O)n2cc3ccc(C(F)(F)F)cc3c2)(c2nccs2)N1. The molecule has 1 fully saturated rings. The van der Waals surface area contributed by atoms with Gasteiger partial charge in [0, 0.05) is 35.8 Å². The Morgan fingerprint density at radius 1 is 1.21 bits per heavy atom. The van der Waals surface area contributed by atoms with Gasteiger partial charge in [-0.3, -0.25) is 19.5 Å². The monoisotopic (exact) mass is 422 g/mol. The number of urea groups is 1. The van der Waals surface area contributed by atoms with Crippen LogP contribution in [0.5, 0.6) is 0 Å². The molecule has 0 spiro atoms. The van der Waals surface area contributed by atoms with Gasteiger partial charge in [-0.25, -0.2) is 9.78 Å². The van der Waals surface area contributed by atoms with Crippen molar-refractivity contribution in [3.05, 3.63) is 52.7 Å². The van der Waals surface area contributed by atoms with Crippen LogP contribution in [0.3, 0.4) is 0 Å². The first-order chi connectivity index (χ1) is 13.7. The van der Waals surface area contributed by atoms with E-state index in [1.807, 2.05) is 0 Å². The van der Waals surface area contributed by atoms with E-state index in [0.717, 1.165) is 12.1 Å². The molecular formula is C18H13F3N4O3S. The summed E-state index contributed by atoms with van der Waals surface area (Å²) in [7, 11) is 0. The Morgan fingerprint density at radius 2 is 1.97 bits per heavy atom. The molecule has 0 radical (unpaired) electrons. The van der Waals surface area contributed by atoms with Crippen LogP contribution in [0.4, 0.5) is 18.0 Å². The van der Waals surface area contributed by atoms with E-state index in [2.05, 4.69) is 15.6 Å². The Bertz CT molecular complexity index is 1120. The fraction of sp³-hybridized carbons (Fsp3) is 0.222. The largest absolute Gasteiger partial charge is 0.416 e. The molecule has 2 N–H and O–H groups in total. The van der Waals surface area contributed by atoms with E-state index >= 15 is 0 Å². The van der Waals surface area contributed by atoms with E-state index < -0.39 is 35.1 Å². The van der Waals surface area contributed by atoms with Crippen molar-refractivity contribution in [2.24, 2.45) is 0 Å². The highest BCUT2D eigenvalue weighted by Gasteiger charge is 2.49. The van der Waals surface area contributed by atoms with Crippen LogP contribution in [-0.4, -0.2) is 27.4 Å². The molecule has 150 valence electrons. The molecule has 1 saturated heterocycles. The predicted octanol–water partition coefficient (Wildman–Crippen LogP) is 3.27. The lowest BCUT2D eigenvalue weighted by Crippen LogP contribution is -2.44. The van der Waals surface area contributed by atoms with Crippen molar-refractivity contribution >= 4 is 40.0 Å². The number of benzene rings is 1. The number of aromatic nitrogens is 2. The normalized spacial score (nSPS) is 19.4. The van der Waals surface area contributed by atoms with Crippen LogP contribution in [-0.2, 0) is 16.5 Å². The maximum absolute atomic E-state index is 12.9. The molecular weight excluding hydrogens is 409 g/mol. The van der Waals surface area contributed by atoms with Crippen LogP contribution in [0.25, 0.3) is 10.8 Å². The van der Waals surface area contributed by atoms with Crippen molar-refractivity contribution in [1.29, 1.82) is 0 Å². The zero-order valence-electron chi connectivity index (χ0n) is 14.6. The van der Waals surface area contributed by atoms with Gasteiger partial charge in [-0.05, 0) is 23.9 Å². The number of hydrogen-bond donors (Lipinski definition) is 2. The molecule has 0 bridgehead atoms. The number of thiazole rings is 1. The van der Waals surface area contributed by atoms with Gasteiger partial charge in [0.15, 0.2) is 5.54 Å². The lowest BCUT2D eigenvalue weighted by atomic mass is 9.94. The number of carbonyl (C=O) groups excluding carboxylic acids is 3. The smallest absolute Gasteiger partial charge is 0.317 e. The van der Waals surface area contributed by atoms with Gasteiger partial charge in [0.05, 0.1) is 5.56 Å². The summed E-state index contributed by atoms with van der Waals surface area (Å²) in [6.45, 7) is 0. The highest BCUT2D eigenvalue weighted by atomic mass is 32.1. The molecule has 29 heavy (non-hydrogen) atoms. The second-order valence-electron chi connectivity index (χ2n) is 6.55. The van der Waals surface area contributed by atoms with Gasteiger partial charge >= 0.3 is 12.2 Å². The number of fused-ring (bicyclic) bond motifs is 1. The fourth-order valence-electron chi connectivity index (χ4n) is 3.24. The highest BCUT2D eigenvalue weighted by Crippen LogP contribution is 2.33. The van der Waals surface area contributed by atoms with Gasteiger partial charge in [0.1, 0.15) is 5.01 Å². The summed E-state index contributed by atoms with van der Waals surface area (Å²) in [5.74, 6) is -1.03. The van der Waals surface area contributed by atoms with Crippen LogP contribution < -0.4 is 10.6 Å². The van der Waals surface area contributed by atoms with Gasteiger partial charge in [-0.2, -0.15) is 13.2 Å². The van der Waals surface area contributed by atoms with Crippen molar-refractivity contribution < 1.29 is 27.6 Å². The number of amides is 3. The van der Waals surface area contributed by atoms with E-state index in [4.69, 9.17) is 0 Å². The Morgan fingerprint density at radius 3 is 2.59 bits per heavy atom. The maximum atomic E-state index is 12.9. The molecule has 1 aromatic carbocycles. The topological polar surface area (TPSA) is 93.1 Å². The molecule has 1 aliphatic heterocycles. The zero-order chi connectivity index (χ0) is 20.8. The number of imide groups is 1. The van der Waals surface area contributed by atoms with E-state index in [1.54, 1.807) is 5.38 Å². The third-order valence-corrected chi connectivity index (χ3v) is 5.65. The quantitative estimate of drug-likeness (QED) is 0.631. The maximum Gasteiger partial charge on any atom is 0.416 e. The Balaban J connectivity index is 1.57. The van der Waals surface area contributed by atoms with Crippen LogP contribution in [0.1, 0.15) is 28.2 Å². The van der Waals surface area contributed by atoms with Crippen LogP contribution in [0, 0.1) is 0 Å². The molecule has 3 aromatic rings. The van der Waals surface area contributed by atoms with Crippen LogP contribution in [0.2, 0.25) is 0 Å². The van der Waals surface area contributed by atoms with Crippen LogP contribution in [0.15, 0.2) is 42.2 Å². The van der Waals surface area contributed by atoms with Gasteiger partial charge < -0.3 is 5.32 Å². The molecule has 11 heteroatoms. The molecule has 7 nitrogen and oxygen atoms in total. The fourth-order valence-corrected chi connectivity index (χ4v) is 4.06. The highest BCUT2D eigenvalue weighted by molar-refractivity contribution is 7.09. The third-order valence-electron chi connectivity index (χ3n) is 4.71. The number of nitrogens with zero attached hydrogens (tertiary/aromatic N) is 2. The standard InChI is InChI=1S/C18H13F3N4O3S/c19-18(20,21)12-2-1-10-8-25(9-11(10)7-12)13(26)3-4-17(15-22-5-6-29-15)14(27)23-16(28)24-17/h1-2,5-9H,3-4H2,(H2,23,24,27,28). The predicted molar refractivity (Wildman–Crippen MR) is 97.3 cm³/mol. The van der Waals surface area contributed by atoms with E-state index in [9.17, 15) is 27.6 Å². The number of halogens is 3. The van der Waals surface area contributed by atoms with Gasteiger partial charge in [-0.1, -0.05) is 6.07 Å². The molecule has 3 amide bonds. The lowest BCUT2D eigenvalue weighted by Gasteiger charge is -2.23. The summed E-state index contributed by atoms with van der Waals surface area (Å²) < 4.78 is 39.8. The first-order valence-corrected chi connectivity index (χ1v) is 9.33. The first-order valence-electron chi connectivity index (χ1n) is 8.45. The molecule has 1 unspecified atom stereocenters. The van der Waals surface area contributed by atoms with E-state index in [0.29, 0.717) is 10.4 Å². The Kier molecular flexibility index (Phi) is 4.41. The second-order valence-corrected chi connectivity index (χ2v) is 7.45. The minimum atomic E-state index is -4.48. The average Bonchev–Trinajstić information content (AvgIpc) is 3.37. The molecule has 1 atom stereocenters. The Labute approximate surface area is 165 Å². The number of rotatable bonds is 4. The lowest BCUT2D eigenvalue weighted by molar-refractivity contribution is -0.137. The summed E-state index contributed by atoms with van der Waals surface area (Å²) in [5.41, 5.74) is -2.25. The second kappa shape index (κ2) is 6.69. The van der Waals surface area contributed by atoms with Gasteiger partial charge in [-0.15, -0.1) is 11.3 Å². The minimum absolute atomic E-state index is 0.0424. The van der Waals surface area contributed by atoms with E-state index in [1.165, 1.54) is 40.6 Å². The van der Waals surface area contributed by atoms with Crippen molar-refractivity contribution in [3.8, 4) is 0 Å². The zero-order valence-corrected chi connectivity index (χ0v) is 15.4. The minimum Gasteiger partial charge on any atom is -0.317 e. The summed E-state index contributed by atoms with van der Waals surface area (Å²) in [5, 5.41) is 7.44. The van der Waals surface area contributed by atoms with Crippen molar-refractivity contribution in [1.82, 2.24) is 20.2 Å². The molecule has 2 aromatic heterocycles. The van der Waals surface area contributed by atoms with Crippen molar-refractivity contribution in [2.45, 2.75) is 24.6 Å². The molecule has 1 aliphatic rings.